The van der Waals surface area contributed by atoms with E-state index in [0.29, 0.717) is 6.04 Å². The van der Waals surface area contributed by atoms with Crippen molar-refractivity contribution in [3.05, 3.63) is 35.9 Å². The third-order valence-electron chi connectivity index (χ3n) is 3.65. The largest absolute Gasteiger partial charge is 0.315 e. The van der Waals surface area contributed by atoms with Crippen molar-refractivity contribution in [2.45, 2.75) is 19.4 Å². The third kappa shape index (κ3) is 4.41. The van der Waals surface area contributed by atoms with Gasteiger partial charge in [0.05, 0.1) is 0 Å². The summed E-state index contributed by atoms with van der Waals surface area (Å²) in [5.74, 6) is 0. The SMILES string of the molecule is CC(CNCCc1ccccc1)N1CCNCC1. The minimum Gasteiger partial charge on any atom is -0.315 e. The van der Waals surface area contributed by atoms with Gasteiger partial charge in [-0.1, -0.05) is 30.3 Å². The molecule has 1 aliphatic rings. The Morgan fingerprint density at radius 1 is 1.22 bits per heavy atom. The first-order valence-corrected chi connectivity index (χ1v) is 7.05. The zero-order valence-corrected chi connectivity index (χ0v) is 11.4. The molecule has 1 fully saturated rings. The van der Waals surface area contributed by atoms with Crippen LogP contribution in [0.1, 0.15) is 12.5 Å². The van der Waals surface area contributed by atoms with Gasteiger partial charge in [-0.3, -0.25) is 4.90 Å². The number of nitrogens with zero attached hydrogens (tertiary/aromatic N) is 1. The average molecular weight is 247 g/mol. The lowest BCUT2D eigenvalue weighted by molar-refractivity contribution is 0.181. The lowest BCUT2D eigenvalue weighted by Gasteiger charge is -2.32. The molecule has 1 atom stereocenters. The van der Waals surface area contributed by atoms with Crippen LogP contribution in [0.2, 0.25) is 0 Å². The van der Waals surface area contributed by atoms with Crippen molar-refractivity contribution in [1.29, 1.82) is 0 Å². The highest BCUT2D eigenvalue weighted by atomic mass is 15.2. The van der Waals surface area contributed by atoms with Crippen LogP contribution in [0.4, 0.5) is 0 Å². The van der Waals surface area contributed by atoms with Crippen molar-refractivity contribution >= 4 is 0 Å². The predicted molar refractivity (Wildman–Crippen MR) is 76.9 cm³/mol. The van der Waals surface area contributed by atoms with Crippen molar-refractivity contribution in [1.82, 2.24) is 15.5 Å². The van der Waals surface area contributed by atoms with E-state index in [-0.39, 0.29) is 0 Å². The Morgan fingerprint density at radius 3 is 2.67 bits per heavy atom. The standard InChI is InChI=1S/C15H25N3/c1-14(18-11-9-16-10-12-18)13-17-8-7-15-5-3-2-4-6-15/h2-6,14,16-17H,7-13H2,1H3. The molecule has 1 aliphatic heterocycles. The van der Waals surface area contributed by atoms with Crippen molar-refractivity contribution in [3.63, 3.8) is 0 Å². The average Bonchev–Trinajstić information content (AvgIpc) is 2.45. The van der Waals surface area contributed by atoms with Crippen molar-refractivity contribution < 1.29 is 0 Å². The summed E-state index contributed by atoms with van der Waals surface area (Å²) in [6, 6.07) is 11.3. The highest BCUT2D eigenvalue weighted by Crippen LogP contribution is 2.01. The van der Waals surface area contributed by atoms with Gasteiger partial charge < -0.3 is 10.6 Å². The van der Waals surface area contributed by atoms with Gasteiger partial charge in [-0.15, -0.1) is 0 Å². The first-order valence-electron chi connectivity index (χ1n) is 7.05. The number of piperazine rings is 1. The van der Waals surface area contributed by atoms with Gasteiger partial charge in [-0.25, -0.2) is 0 Å². The summed E-state index contributed by atoms with van der Waals surface area (Å²) in [5.41, 5.74) is 1.42. The molecule has 2 N–H and O–H groups in total. The molecule has 1 heterocycles. The molecule has 0 bridgehead atoms. The van der Waals surface area contributed by atoms with Gasteiger partial charge in [0.15, 0.2) is 0 Å². The Hall–Kier alpha value is -0.900. The molecule has 3 heteroatoms. The second-order valence-electron chi connectivity index (χ2n) is 5.07. The molecule has 18 heavy (non-hydrogen) atoms. The number of rotatable bonds is 6. The Kier molecular flexibility index (Phi) is 5.65. The van der Waals surface area contributed by atoms with Crippen LogP contribution in [0.25, 0.3) is 0 Å². The van der Waals surface area contributed by atoms with Gasteiger partial charge >= 0.3 is 0 Å². The molecule has 0 amide bonds. The monoisotopic (exact) mass is 247 g/mol. The smallest absolute Gasteiger partial charge is 0.0193 e. The van der Waals surface area contributed by atoms with Gasteiger partial charge in [-0.05, 0) is 25.5 Å². The normalized spacial score (nSPS) is 18.7. The third-order valence-corrected chi connectivity index (χ3v) is 3.65. The van der Waals surface area contributed by atoms with Crippen LogP contribution in [-0.4, -0.2) is 50.2 Å². The molecule has 3 nitrogen and oxygen atoms in total. The van der Waals surface area contributed by atoms with E-state index >= 15 is 0 Å². The lowest BCUT2D eigenvalue weighted by atomic mass is 10.1. The maximum absolute atomic E-state index is 3.57. The molecule has 100 valence electrons. The number of benzene rings is 1. The van der Waals surface area contributed by atoms with E-state index in [1.807, 2.05) is 0 Å². The van der Waals surface area contributed by atoms with Crippen molar-refractivity contribution in [2.75, 3.05) is 39.3 Å². The highest BCUT2D eigenvalue weighted by molar-refractivity contribution is 5.14. The molecule has 0 radical (unpaired) electrons. The summed E-state index contributed by atoms with van der Waals surface area (Å²) >= 11 is 0. The minimum absolute atomic E-state index is 0.642. The van der Waals surface area contributed by atoms with E-state index < -0.39 is 0 Å². The molecule has 0 spiro atoms. The summed E-state index contributed by atoms with van der Waals surface area (Å²) in [5, 5.41) is 6.97. The fourth-order valence-electron chi connectivity index (χ4n) is 2.44. The van der Waals surface area contributed by atoms with E-state index in [9.17, 15) is 0 Å². The summed E-state index contributed by atoms with van der Waals surface area (Å²) in [6.07, 6.45) is 1.12. The van der Waals surface area contributed by atoms with Crippen LogP contribution in [0.3, 0.4) is 0 Å². The van der Waals surface area contributed by atoms with Crippen LogP contribution in [0, 0.1) is 0 Å². The molecule has 1 aromatic carbocycles. The maximum atomic E-state index is 3.57. The van der Waals surface area contributed by atoms with Crippen LogP contribution in [0.15, 0.2) is 30.3 Å². The van der Waals surface area contributed by atoms with E-state index in [1.54, 1.807) is 0 Å². The Balaban J connectivity index is 1.60. The zero-order valence-electron chi connectivity index (χ0n) is 11.4. The van der Waals surface area contributed by atoms with E-state index in [2.05, 4.69) is 52.8 Å². The number of hydrogen-bond acceptors (Lipinski definition) is 3. The Morgan fingerprint density at radius 2 is 1.94 bits per heavy atom. The molecule has 0 aliphatic carbocycles. The fourth-order valence-corrected chi connectivity index (χ4v) is 2.44. The second-order valence-corrected chi connectivity index (χ2v) is 5.07. The van der Waals surface area contributed by atoms with Gasteiger partial charge in [-0.2, -0.15) is 0 Å². The summed E-state index contributed by atoms with van der Waals surface area (Å²) in [4.78, 5) is 2.56. The quantitative estimate of drug-likeness (QED) is 0.738. The van der Waals surface area contributed by atoms with Crippen LogP contribution in [-0.2, 0) is 6.42 Å². The Labute approximate surface area is 111 Å². The molecular weight excluding hydrogens is 222 g/mol. The van der Waals surface area contributed by atoms with E-state index in [4.69, 9.17) is 0 Å². The molecule has 0 aromatic heterocycles. The molecule has 1 saturated heterocycles. The first-order chi connectivity index (χ1) is 8.86. The highest BCUT2D eigenvalue weighted by Gasteiger charge is 2.15. The van der Waals surface area contributed by atoms with E-state index in [1.165, 1.54) is 18.7 Å². The molecule has 1 unspecified atom stereocenters. The molecule has 0 saturated carbocycles. The van der Waals surface area contributed by atoms with Gasteiger partial charge in [0.2, 0.25) is 0 Å². The Bertz CT molecular complexity index is 320. The van der Waals surface area contributed by atoms with Crippen molar-refractivity contribution in [3.8, 4) is 0 Å². The lowest BCUT2D eigenvalue weighted by Crippen LogP contribution is -2.50. The van der Waals surface area contributed by atoms with E-state index in [0.717, 1.165) is 32.6 Å². The zero-order chi connectivity index (χ0) is 12.6. The summed E-state index contributed by atoms with van der Waals surface area (Å²) < 4.78 is 0. The maximum Gasteiger partial charge on any atom is 0.0193 e. The predicted octanol–water partition coefficient (Wildman–Crippen LogP) is 1.11. The fraction of sp³-hybridized carbons (Fsp3) is 0.600. The summed E-state index contributed by atoms with van der Waals surface area (Å²) in [7, 11) is 0. The molecule has 1 aromatic rings. The van der Waals surface area contributed by atoms with Gasteiger partial charge in [0.1, 0.15) is 0 Å². The molecular formula is C15H25N3. The summed E-state index contributed by atoms with van der Waals surface area (Å²) in [6.45, 7) is 9.11. The van der Waals surface area contributed by atoms with Crippen LogP contribution < -0.4 is 10.6 Å². The van der Waals surface area contributed by atoms with Crippen molar-refractivity contribution in [2.24, 2.45) is 0 Å². The number of nitrogens with one attached hydrogen (secondary N) is 2. The van der Waals surface area contributed by atoms with Crippen LogP contribution in [0.5, 0.6) is 0 Å². The topological polar surface area (TPSA) is 27.3 Å². The minimum atomic E-state index is 0.642. The van der Waals surface area contributed by atoms with Crippen LogP contribution >= 0.6 is 0 Å². The van der Waals surface area contributed by atoms with Gasteiger partial charge in [0.25, 0.3) is 0 Å². The van der Waals surface area contributed by atoms with Gasteiger partial charge in [0, 0.05) is 38.8 Å². The second kappa shape index (κ2) is 7.52. The molecule has 2 rings (SSSR count). The number of hydrogen-bond donors (Lipinski definition) is 2. The first kappa shape index (κ1) is 13.5.